The van der Waals surface area contributed by atoms with Crippen LogP contribution in [0.2, 0.25) is 0 Å². The van der Waals surface area contributed by atoms with Gasteiger partial charge in [0.2, 0.25) is 0 Å². The molecule has 1 heterocycles. The van der Waals surface area contributed by atoms with Crippen molar-refractivity contribution in [1.82, 2.24) is 4.98 Å². The summed E-state index contributed by atoms with van der Waals surface area (Å²) in [5.74, 6) is 0.943. The van der Waals surface area contributed by atoms with Crippen LogP contribution in [-0.2, 0) is 0 Å². The lowest BCUT2D eigenvalue weighted by atomic mass is 10.1. The second-order valence-electron chi connectivity index (χ2n) is 4.61. The number of ketones is 1. The summed E-state index contributed by atoms with van der Waals surface area (Å²) in [6, 6.07) is 7.47. The van der Waals surface area contributed by atoms with Crippen LogP contribution in [-0.4, -0.2) is 17.9 Å². The summed E-state index contributed by atoms with van der Waals surface area (Å²) >= 11 is 1.27. The van der Waals surface area contributed by atoms with Gasteiger partial charge in [0.1, 0.15) is 16.4 Å². The second kappa shape index (κ2) is 5.92. The van der Waals surface area contributed by atoms with Crippen LogP contribution in [0.15, 0.2) is 24.3 Å². The number of anilines is 3. The monoisotopic (exact) mass is 291 g/mol. The lowest BCUT2D eigenvalue weighted by Gasteiger charge is -2.04. The largest absolute Gasteiger partial charge is 0.497 e. The van der Waals surface area contributed by atoms with Crippen molar-refractivity contribution in [1.29, 1.82) is 0 Å². The first-order valence-electron chi connectivity index (χ1n) is 6.23. The molecule has 0 spiro atoms. The third-order valence-corrected chi connectivity index (χ3v) is 3.72. The number of methoxy groups -OCH3 is 1. The number of hydrogen-bond acceptors (Lipinski definition) is 6. The van der Waals surface area contributed by atoms with Gasteiger partial charge in [-0.1, -0.05) is 31.3 Å². The van der Waals surface area contributed by atoms with Crippen LogP contribution >= 0.6 is 11.3 Å². The summed E-state index contributed by atoms with van der Waals surface area (Å²) in [4.78, 5) is 16.7. The number of ether oxygens (including phenoxy) is 1. The van der Waals surface area contributed by atoms with E-state index in [1.54, 1.807) is 7.11 Å². The third kappa shape index (κ3) is 3.08. The molecule has 0 aliphatic rings. The van der Waals surface area contributed by atoms with E-state index in [1.165, 1.54) is 11.3 Å². The Kier molecular flexibility index (Phi) is 4.24. The standard InChI is InChI=1S/C14H17N3O2S/c1-8(2)11(18)12-13(15)17-14(20-12)16-9-5-4-6-10(7-9)19-3/h4-8H,15H2,1-3H3,(H,16,17). The minimum atomic E-state index is -0.0950. The first-order valence-corrected chi connectivity index (χ1v) is 7.04. The molecular weight excluding hydrogens is 274 g/mol. The summed E-state index contributed by atoms with van der Waals surface area (Å²) in [6.07, 6.45) is 0. The third-order valence-electron chi connectivity index (χ3n) is 2.72. The van der Waals surface area contributed by atoms with E-state index in [2.05, 4.69) is 10.3 Å². The van der Waals surface area contributed by atoms with Crippen LogP contribution in [0.25, 0.3) is 0 Å². The van der Waals surface area contributed by atoms with Gasteiger partial charge in [0.25, 0.3) is 0 Å². The molecule has 3 N–H and O–H groups in total. The summed E-state index contributed by atoms with van der Waals surface area (Å²) in [5.41, 5.74) is 6.64. The molecule has 2 rings (SSSR count). The normalized spacial score (nSPS) is 10.6. The minimum Gasteiger partial charge on any atom is -0.497 e. The number of thiazole rings is 1. The van der Waals surface area contributed by atoms with E-state index in [4.69, 9.17) is 10.5 Å². The predicted molar refractivity (Wildman–Crippen MR) is 82.0 cm³/mol. The molecule has 106 valence electrons. The highest BCUT2D eigenvalue weighted by Crippen LogP contribution is 2.30. The van der Waals surface area contributed by atoms with Gasteiger partial charge in [0.15, 0.2) is 10.9 Å². The molecule has 0 amide bonds. The highest BCUT2D eigenvalue weighted by Gasteiger charge is 2.18. The lowest BCUT2D eigenvalue weighted by molar-refractivity contribution is 0.0944. The summed E-state index contributed by atoms with van der Waals surface area (Å²) in [5, 5.41) is 3.73. The first kappa shape index (κ1) is 14.3. The van der Waals surface area contributed by atoms with Gasteiger partial charge in [0.05, 0.1) is 7.11 Å². The Morgan fingerprint density at radius 3 is 2.85 bits per heavy atom. The lowest BCUT2D eigenvalue weighted by Crippen LogP contribution is -2.07. The van der Waals surface area contributed by atoms with E-state index in [1.807, 2.05) is 38.1 Å². The molecule has 0 saturated carbocycles. The Morgan fingerprint density at radius 1 is 1.45 bits per heavy atom. The van der Waals surface area contributed by atoms with E-state index in [9.17, 15) is 4.79 Å². The number of carbonyl (C=O) groups is 1. The highest BCUT2D eigenvalue weighted by atomic mass is 32.1. The molecule has 6 heteroatoms. The maximum absolute atomic E-state index is 12.0. The number of hydrogen-bond donors (Lipinski definition) is 2. The van der Waals surface area contributed by atoms with Crippen LogP contribution < -0.4 is 15.8 Å². The van der Waals surface area contributed by atoms with E-state index in [-0.39, 0.29) is 17.5 Å². The minimum absolute atomic E-state index is 0.0127. The summed E-state index contributed by atoms with van der Waals surface area (Å²) in [7, 11) is 1.61. The Balaban J connectivity index is 2.22. The van der Waals surface area contributed by atoms with Gasteiger partial charge >= 0.3 is 0 Å². The number of nitrogens with two attached hydrogens (primary N) is 1. The number of carbonyl (C=O) groups excluding carboxylic acids is 1. The SMILES string of the molecule is COc1cccc(Nc2nc(N)c(C(=O)C(C)C)s2)c1. The van der Waals surface area contributed by atoms with Gasteiger partial charge in [-0.2, -0.15) is 0 Å². The molecule has 0 fully saturated rings. The van der Waals surface area contributed by atoms with E-state index in [0.717, 1.165) is 11.4 Å². The quantitative estimate of drug-likeness (QED) is 0.826. The van der Waals surface area contributed by atoms with Crippen molar-refractivity contribution in [2.24, 2.45) is 5.92 Å². The van der Waals surface area contributed by atoms with Gasteiger partial charge in [-0.05, 0) is 12.1 Å². The van der Waals surface area contributed by atoms with Gasteiger partial charge < -0.3 is 15.8 Å². The van der Waals surface area contributed by atoms with Crippen molar-refractivity contribution < 1.29 is 9.53 Å². The molecule has 0 radical (unpaired) electrons. The van der Waals surface area contributed by atoms with Crippen molar-refractivity contribution in [3.8, 4) is 5.75 Å². The number of rotatable bonds is 5. The molecule has 2 aromatic rings. The maximum atomic E-state index is 12.0. The van der Waals surface area contributed by atoms with Crippen molar-refractivity contribution in [3.05, 3.63) is 29.1 Å². The van der Waals surface area contributed by atoms with E-state index in [0.29, 0.717) is 10.0 Å². The van der Waals surface area contributed by atoms with Crippen molar-refractivity contribution >= 4 is 33.8 Å². The molecule has 1 aromatic carbocycles. The van der Waals surface area contributed by atoms with Crippen LogP contribution in [0.3, 0.4) is 0 Å². The zero-order chi connectivity index (χ0) is 14.7. The Hall–Kier alpha value is -2.08. The smallest absolute Gasteiger partial charge is 0.189 e. The molecular formula is C14H17N3O2S. The Labute approximate surface area is 121 Å². The molecule has 0 atom stereocenters. The fraction of sp³-hybridized carbons (Fsp3) is 0.286. The molecule has 0 aliphatic heterocycles. The predicted octanol–water partition coefficient (Wildman–Crippen LogP) is 3.32. The average Bonchev–Trinajstić information content (AvgIpc) is 2.78. The zero-order valence-corrected chi connectivity index (χ0v) is 12.5. The van der Waals surface area contributed by atoms with Crippen LogP contribution in [0.4, 0.5) is 16.6 Å². The number of nitrogen functional groups attached to an aromatic ring is 1. The van der Waals surface area contributed by atoms with Gasteiger partial charge in [-0.15, -0.1) is 0 Å². The van der Waals surface area contributed by atoms with Crippen LogP contribution in [0.1, 0.15) is 23.5 Å². The zero-order valence-electron chi connectivity index (χ0n) is 11.6. The van der Waals surface area contributed by atoms with Crippen molar-refractivity contribution in [3.63, 3.8) is 0 Å². The van der Waals surface area contributed by atoms with Crippen LogP contribution in [0.5, 0.6) is 5.75 Å². The molecule has 5 nitrogen and oxygen atoms in total. The Morgan fingerprint density at radius 2 is 2.20 bits per heavy atom. The average molecular weight is 291 g/mol. The molecule has 0 bridgehead atoms. The van der Waals surface area contributed by atoms with Crippen molar-refractivity contribution in [2.45, 2.75) is 13.8 Å². The fourth-order valence-electron chi connectivity index (χ4n) is 1.65. The number of benzene rings is 1. The molecule has 0 saturated heterocycles. The van der Waals surface area contributed by atoms with Crippen LogP contribution in [0, 0.1) is 5.92 Å². The van der Waals surface area contributed by atoms with E-state index >= 15 is 0 Å². The number of nitrogens with zero attached hydrogens (tertiary/aromatic N) is 1. The van der Waals surface area contributed by atoms with Gasteiger partial charge in [-0.25, -0.2) is 4.98 Å². The second-order valence-corrected chi connectivity index (χ2v) is 5.61. The number of aromatic nitrogens is 1. The molecule has 0 aliphatic carbocycles. The Bertz CT molecular complexity index is 623. The number of nitrogens with one attached hydrogen (secondary N) is 1. The fourth-order valence-corrected chi connectivity index (χ4v) is 2.64. The van der Waals surface area contributed by atoms with Gasteiger partial charge in [0, 0.05) is 17.7 Å². The first-order chi connectivity index (χ1) is 9.51. The van der Waals surface area contributed by atoms with E-state index < -0.39 is 0 Å². The molecule has 1 aromatic heterocycles. The topological polar surface area (TPSA) is 77.2 Å². The maximum Gasteiger partial charge on any atom is 0.189 e. The summed E-state index contributed by atoms with van der Waals surface area (Å²) < 4.78 is 5.16. The molecule has 20 heavy (non-hydrogen) atoms. The number of Topliss-reactive ketones (excluding diaryl/α,β-unsaturated/α-hetero) is 1. The highest BCUT2D eigenvalue weighted by molar-refractivity contribution is 7.18. The van der Waals surface area contributed by atoms with Gasteiger partial charge in [-0.3, -0.25) is 4.79 Å². The van der Waals surface area contributed by atoms with Crippen molar-refractivity contribution in [2.75, 3.05) is 18.2 Å². The molecule has 0 unspecified atom stereocenters. The summed E-state index contributed by atoms with van der Waals surface area (Å²) in [6.45, 7) is 3.69.